The fourth-order valence-electron chi connectivity index (χ4n) is 4.00. The highest BCUT2D eigenvalue weighted by Gasteiger charge is 2.28. The van der Waals surface area contributed by atoms with Crippen LogP contribution >= 0.6 is 0 Å². The van der Waals surface area contributed by atoms with E-state index < -0.39 is 0 Å². The molecule has 3 aromatic rings. The van der Waals surface area contributed by atoms with Gasteiger partial charge in [-0.2, -0.15) is 14.7 Å². The second-order valence-corrected chi connectivity index (χ2v) is 7.07. The van der Waals surface area contributed by atoms with Crippen LogP contribution in [0.1, 0.15) is 31.0 Å². The van der Waals surface area contributed by atoms with Crippen molar-refractivity contribution >= 4 is 23.1 Å². The van der Waals surface area contributed by atoms with Crippen molar-refractivity contribution in [3.05, 3.63) is 36.4 Å². The Bertz CT molecular complexity index is 975. The molecule has 0 spiro atoms. The second kappa shape index (κ2) is 5.82. The molecule has 2 aliphatic rings. The van der Waals surface area contributed by atoms with E-state index in [9.17, 15) is 4.79 Å². The average Bonchev–Trinajstić information content (AvgIpc) is 3.39. The largest absolute Gasteiger partial charge is 0.354 e. The quantitative estimate of drug-likeness (QED) is 0.720. The molecule has 134 valence electrons. The predicted molar refractivity (Wildman–Crippen MR) is 97.4 cm³/mol. The van der Waals surface area contributed by atoms with E-state index in [1.165, 1.54) is 0 Å². The standard InChI is InChI=1S/C18H21N7O/c1-13-9-17(25-16(21-13)4-6-19-25)22-8-5-14(11-22)24-12-15(10-20-24)23-7-2-3-18(23)26/h4,6,9-10,12,14H,2-3,5,7-8,11H2,1H3. The highest BCUT2D eigenvalue weighted by Crippen LogP contribution is 2.29. The van der Waals surface area contributed by atoms with Crippen molar-refractivity contribution in [1.29, 1.82) is 0 Å². The van der Waals surface area contributed by atoms with E-state index in [-0.39, 0.29) is 5.91 Å². The maximum absolute atomic E-state index is 11.9. The van der Waals surface area contributed by atoms with Gasteiger partial charge in [0.15, 0.2) is 5.65 Å². The zero-order valence-corrected chi connectivity index (χ0v) is 14.7. The van der Waals surface area contributed by atoms with Crippen molar-refractivity contribution in [2.75, 3.05) is 29.4 Å². The van der Waals surface area contributed by atoms with Crippen molar-refractivity contribution in [3.63, 3.8) is 0 Å². The molecule has 1 atom stereocenters. The SMILES string of the molecule is Cc1cc(N2CCC(n3cc(N4CCCC4=O)cn3)C2)n2nccc2n1. The fourth-order valence-corrected chi connectivity index (χ4v) is 4.00. The Hall–Kier alpha value is -2.90. The molecule has 1 unspecified atom stereocenters. The maximum Gasteiger partial charge on any atom is 0.227 e. The summed E-state index contributed by atoms with van der Waals surface area (Å²) in [6, 6.07) is 4.30. The summed E-state index contributed by atoms with van der Waals surface area (Å²) in [5, 5.41) is 8.95. The number of fused-ring (bicyclic) bond motifs is 1. The van der Waals surface area contributed by atoms with Crippen LogP contribution in [-0.2, 0) is 4.79 Å². The fraction of sp³-hybridized carbons (Fsp3) is 0.444. The molecule has 5 heterocycles. The highest BCUT2D eigenvalue weighted by atomic mass is 16.2. The number of hydrogen-bond donors (Lipinski definition) is 0. The Morgan fingerprint density at radius 3 is 3.00 bits per heavy atom. The normalized spacial score (nSPS) is 20.7. The number of carbonyl (C=O) groups excluding carboxylic acids is 1. The molecule has 0 radical (unpaired) electrons. The van der Waals surface area contributed by atoms with Gasteiger partial charge in [0.25, 0.3) is 0 Å². The van der Waals surface area contributed by atoms with Crippen molar-refractivity contribution < 1.29 is 4.79 Å². The third kappa shape index (κ3) is 2.44. The Morgan fingerprint density at radius 2 is 2.15 bits per heavy atom. The van der Waals surface area contributed by atoms with E-state index >= 15 is 0 Å². The Kier molecular flexibility index (Phi) is 3.44. The number of anilines is 2. The molecule has 0 N–H and O–H groups in total. The van der Waals surface area contributed by atoms with Crippen molar-refractivity contribution in [1.82, 2.24) is 24.4 Å². The minimum atomic E-state index is 0.200. The number of nitrogens with zero attached hydrogens (tertiary/aromatic N) is 7. The molecule has 0 bridgehead atoms. The Morgan fingerprint density at radius 1 is 1.23 bits per heavy atom. The zero-order chi connectivity index (χ0) is 17.7. The predicted octanol–water partition coefficient (Wildman–Crippen LogP) is 1.81. The molecular weight excluding hydrogens is 330 g/mol. The van der Waals surface area contributed by atoms with Gasteiger partial charge < -0.3 is 9.80 Å². The van der Waals surface area contributed by atoms with Gasteiger partial charge in [0.2, 0.25) is 5.91 Å². The van der Waals surface area contributed by atoms with Gasteiger partial charge in [0, 0.05) is 50.1 Å². The number of hydrogen-bond acceptors (Lipinski definition) is 5. The number of aromatic nitrogens is 5. The molecule has 0 aliphatic carbocycles. The van der Waals surface area contributed by atoms with Crippen LogP contribution in [-0.4, -0.2) is 49.9 Å². The molecule has 8 heteroatoms. The van der Waals surface area contributed by atoms with E-state index in [2.05, 4.69) is 26.1 Å². The van der Waals surface area contributed by atoms with Crippen LogP contribution in [0.25, 0.3) is 5.65 Å². The first-order valence-corrected chi connectivity index (χ1v) is 9.10. The van der Waals surface area contributed by atoms with Gasteiger partial charge >= 0.3 is 0 Å². The highest BCUT2D eigenvalue weighted by molar-refractivity contribution is 5.95. The molecule has 8 nitrogen and oxygen atoms in total. The summed E-state index contributed by atoms with van der Waals surface area (Å²) in [5.74, 6) is 1.27. The van der Waals surface area contributed by atoms with Crippen LogP contribution in [0.4, 0.5) is 11.5 Å². The summed E-state index contributed by atoms with van der Waals surface area (Å²) in [5.41, 5.74) is 2.78. The van der Waals surface area contributed by atoms with Gasteiger partial charge in [-0.3, -0.25) is 9.48 Å². The zero-order valence-electron chi connectivity index (χ0n) is 14.7. The summed E-state index contributed by atoms with van der Waals surface area (Å²) in [7, 11) is 0. The van der Waals surface area contributed by atoms with Crippen LogP contribution < -0.4 is 9.80 Å². The third-order valence-corrected chi connectivity index (χ3v) is 5.30. The topological polar surface area (TPSA) is 71.6 Å². The van der Waals surface area contributed by atoms with Gasteiger partial charge in [0.05, 0.1) is 24.1 Å². The van der Waals surface area contributed by atoms with Gasteiger partial charge in [0.1, 0.15) is 5.82 Å². The van der Waals surface area contributed by atoms with Gasteiger partial charge in [-0.05, 0) is 19.8 Å². The van der Waals surface area contributed by atoms with Crippen molar-refractivity contribution in [2.45, 2.75) is 32.2 Å². The first kappa shape index (κ1) is 15.4. The van der Waals surface area contributed by atoms with Crippen LogP contribution in [0.2, 0.25) is 0 Å². The van der Waals surface area contributed by atoms with Crippen LogP contribution in [0.5, 0.6) is 0 Å². The number of amides is 1. The number of rotatable bonds is 3. The van der Waals surface area contributed by atoms with Crippen LogP contribution in [0.15, 0.2) is 30.7 Å². The summed E-state index contributed by atoms with van der Waals surface area (Å²) < 4.78 is 3.90. The minimum Gasteiger partial charge on any atom is -0.354 e. The minimum absolute atomic E-state index is 0.200. The molecule has 0 saturated carbocycles. The first-order chi connectivity index (χ1) is 12.7. The summed E-state index contributed by atoms with van der Waals surface area (Å²) in [6.07, 6.45) is 8.20. The summed E-state index contributed by atoms with van der Waals surface area (Å²) in [6.45, 7) is 4.63. The molecule has 5 rings (SSSR count). The van der Waals surface area contributed by atoms with Gasteiger partial charge in [-0.25, -0.2) is 4.98 Å². The van der Waals surface area contributed by atoms with Gasteiger partial charge in [-0.1, -0.05) is 0 Å². The lowest BCUT2D eigenvalue weighted by Crippen LogP contribution is -2.24. The second-order valence-electron chi connectivity index (χ2n) is 7.07. The monoisotopic (exact) mass is 351 g/mol. The lowest BCUT2D eigenvalue weighted by molar-refractivity contribution is -0.117. The number of aryl methyl sites for hydroxylation is 1. The Labute approximate surface area is 151 Å². The Balaban J connectivity index is 1.38. The molecule has 2 fully saturated rings. The lowest BCUT2D eigenvalue weighted by atomic mass is 10.3. The molecule has 3 aromatic heterocycles. The molecule has 26 heavy (non-hydrogen) atoms. The first-order valence-electron chi connectivity index (χ1n) is 9.10. The third-order valence-electron chi connectivity index (χ3n) is 5.30. The molecule has 1 amide bonds. The average molecular weight is 351 g/mol. The van der Waals surface area contributed by atoms with E-state index in [0.29, 0.717) is 12.5 Å². The molecule has 2 aliphatic heterocycles. The maximum atomic E-state index is 11.9. The molecule has 2 saturated heterocycles. The van der Waals surface area contributed by atoms with Crippen LogP contribution in [0.3, 0.4) is 0 Å². The van der Waals surface area contributed by atoms with E-state index in [4.69, 9.17) is 0 Å². The lowest BCUT2D eigenvalue weighted by Gasteiger charge is -2.20. The van der Waals surface area contributed by atoms with Crippen molar-refractivity contribution in [2.24, 2.45) is 0 Å². The number of carbonyl (C=O) groups is 1. The molecular formula is C18H21N7O. The van der Waals surface area contributed by atoms with Crippen LogP contribution in [0, 0.1) is 6.92 Å². The van der Waals surface area contributed by atoms with E-state index in [1.807, 2.05) is 39.5 Å². The smallest absolute Gasteiger partial charge is 0.227 e. The summed E-state index contributed by atoms with van der Waals surface area (Å²) >= 11 is 0. The van der Waals surface area contributed by atoms with Gasteiger partial charge in [-0.15, -0.1) is 0 Å². The summed E-state index contributed by atoms with van der Waals surface area (Å²) in [4.78, 5) is 20.6. The molecule has 0 aromatic carbocycles. The van der Waals surface area contributed by atoms with Crippen molar-refractivity contribution in [3.8, 4) is 0 Å². The van der Waals surface area contributed by atoms with E-state index in [1.54, 1.807) is 6.20 Å². The van der Waals surface area contributed by atoms with E-state index in [0.717, 1.165) is 55.3 Å².